The summed E-state index contributed by atoms with van der Waals surface area (Å²) in [5.74, 6) is 0.636. The minimum Gasteiger partial charge on any atom is -0.436 e. The Balaban J connectivity index is 2.38. The third kappa shape index (κ3) is 2.57. The van der Waals surface area contributed by atoms with E-state index < -0.39 is 0 Å². The highest BCUT2D eigenvalue weighted by Crippen LogP contribution is 2.29. The summed E-state index contributed by atoms with van der Waals surface area (Å²) in [6, 6.07) is 8.82. The van der Waals surface area contributed by atoms with Crippen molar-refractivity contribution >= 4 is 21.8 Å². The summed E-state index contributed by atoms with van der Waals surface area (Å²) in [6.07, 6.45) is 1.43. The zero-order valence-corrected chi connectivity index (χ0v) is 10.7. The second-order valence-corrected chi connectivity index (χ2v) is 4.12. The monoisotopic (exact) mass is 308 g/mol. The second kappa shape index (κ2) is 5.46. The van der Waals surface area contributed by atoms with Crippen LogP contribution in [-0.4, -0.2) is 21.2 Å². The van der Waals surface area contributed by atoms with E-state index in [1.165, 1.54) is 6.20 Å². The molecule has 2 rings (SSSR count). The van der Waals surface area contributed by atoms with Gasteiger partial charge in [-0.2, -0.15) is 5.10 Å². The summed E-state index contributed by atoms with van der Waals surface area (Å²) in [4.78, 5) is 0. The number of hydrogen-bond donors (Lipinski definition) is 2. The third-order valence-corrected chi connectivity index (χ3v) is 2.77. The number of benzene rings is 1. The maximum Gasteiger partial charge on any atom is 0.250 e. The van der Waals surface area contributed by atoms with E-state index in [0.717, 1.165) is 4.47 Å². The number of nitrogens with zero attached hydrogens (tertiary/aromatic N) is 3. The van der Waals surface area contributed by atoms with E-state index in [1.54, 1.807) is 12.1 Å². The van der Waals surface area contributed by atoms with Gasteiger partial charge in [-0.25, -0.2) is 0 Å². The molecule has 0 unspecified atom stereocenters. The molecule has 0 saturated heterocycles. The smallest absolute Gasteiger partial charge is 0.250 e. The standard InChI is InChI=1S/C11H9BrN4O2/c12-8-3-1-2-4-9(8)18-11-7(10(13)16-17)5-6-14-15-11/h1-6,17H,(H2,13,16). The van der Waals surface area contributed by atoms with Crippen molar-refractivity contribution < 1.29 is 9.94 Å². The first kappa shape index (κ1) is 12.3. The van der Waals surface area contributed by atoms with Gasteiger partial charge in [-0.05, 0) is 34.1 Å². The lowest BCUT2D eigenvalue weighted by Gasteiger charge is -2.08. The number of rotatable bonds is 3. The van der Waals surface area contributed by atoms with Crippen molar-refractivity contribution in [2.75, 3.05) is 0 Å². The predicted octanol–water partition coefficient (Wildman–Crippen LogP) is 2.13. The fourth-order valence-corrected chi connectivity index (χ4v) is 1.64. The molecule has 0 bridgehead atoms. The minimum absolute atomic E-state index is 0.0908. The van der Waals surface area contributed by atoms with E-state index in [-0.39, 0.29) is 11.7 Å². The summed E-state index contributed by atoms with van der Waals surface area (Å²) in [6.45, 7) is 0. The Kier molecular flexibility index (Phi) is 3.73. The van der Waals surface area contributed by atoms with Crippen molar-refractivity contribution in [3.63, 3.8) is 0 Å². The van der Waals surface area contributed by atoms with E-state index in [0.29, 0.717) is 11.3 Å². The second-order valence-electron chi connectivity index (χ2n) is 3.27. The topological polar surface area (TPSA) is 93.6 Å². The van der Waals surface area contributed by atoms with Gasteiger partial charge in [0.05, 0.1) is 16.2 Å². The summed E-state index contributed by atoms with van der Waals surface area (Å²) in [5.41, 5.74) is 5.89. The maximum absolute atomic E-state index is 8.68. The van der Waals surface area contributed by atoms with Crippen LogP contribution in [0, 0.1) is 0 Å². The van der Waals surface area contributed by atoms with E-state index >= 15 is 0 Å². The lowest BCUT2D eigenvalue weighted by molar-refractivity contribution is 0.318. The van der Waals surface area contributed by atoms with Gasteiger partial charge in [0.25, 0.3) is 0 Å². The van der Waals surface area contributed by atoms with Gasteiger partial charge in [0.1, 0.15) is 5.75 Å². The molecular weight excluding hydrogens is 300 g/mol. The van der Waals surface area contributed by atoms with E-state index in [4.69, 9.17) is 15.7 Å². The summed E-state index contributed by atoms with van der Waals surface area (Å²) >= 11 is 3.35. The fraction of sp³-hybridized carbons (Fsp3) is 0. The van der Waals surface area contributed by atoms with Crippen LogP contribution in [0.25, 0.3) is 0 Å². The lowest BCUT2D eigenvalue weighted by Crippen LogP contribution is -2.15. The zero-order chi connectivity index (χ0) is 13.0. The van der Waals surface area contributed by atoms with Crippen LogP contribution in [0.3, 0.4) is 0 Å². The molecular formula is C11H9BrN4O2. The van der Waals surface area contributed by atoms with Crippen LogP contribution in [0.1, 0.15) is 5.56 Å². The molecule has 0 saturated carbocycles. The summed E-state index contributed by atoms with van der Waals surface area (Å²) in [5, 5.41) is 19.1. The van der Waals surface area contributed by atoms with Crippen molar-refractivity contribution in [2.24, 2.45) is 10.9 Å². The van der Waals surface area contributed by atoms with Gasteiger partial charge in [0, 0.05) is 0 Å². The van der Waals surface area contributed by atoms with Gasteiger partial charge in [-0.15, -0.1) is 5.10 Å². The highest BCUT2D eigenvalue weighted by molar-refractivity contribution is 9.10. The quantitative estimate of drug-likeness (QED) is 0.392. The molecule has 0 amide bonds. The molecule has 0 fully saturated rings. The molecule has 0 spiro atoms. The van der Waals surface area contributed by atoms with E-state index in [2.05, 4.69) is 31.3 Å². The summed E-state index contributed by atoms with van der Waals surface area (Å²) < 4.78 is 6.34. The zero-order valence-electron chi connectivity index (χ0n) is 9.12. The molecule has 1 aromatic carbocycles. The molecule has 1 aromatic heterocycles. The molecule has 0 radical (unpaired) electrons. The molecule has 0 aliphatic carbocycles. The molecule has 0 aliphatic heterocycles. The third-order valence-electron chi connectivity index (χ3n) is 2.11. The Morgan fingerprint density at radius 2 is 2.11 bits per heavy atom. The number of para-hydroxylation sites is 1. The first-order valence-electron chi connectivity index (χ1n) is 4.94. The first-order chi connectivity index (χ1) is 8.72. The van der Waals surface area contributed by atoms with Gasteiger partial charge >= 0.3 is 0 Å². The Bertz CT molecular complexity index is 589. The molecule has 7 heteroatoms. The highest BCUT2D eigenvalue weighted by atomic mass is 79.9. The summed E-state index contributed by atoms with van der Waals surface area (Å²) in [7, 11) is 0. The number of amidine groups is 1. The number of aromatic nitrogens is 2. The van der Waals surface area contributed by atoms with Crippen LogP contribution in [0.4, 0.5) is 0 Å². The molecule has 18 heavy (non-hydrogen) atoms. The van der Waals surface area contributed by atoms with Crippen molar-refractivity contribution in [3.8, 4) is 11.6 Å². The average molecular weight is 309 g/mol. The van der Waals surface area contributed by atoms with Gasteiger partial charge in [-0.1, -0.05) is 17.3 Å². The largest absolute Gasteiger partial charge is 0.436 e. The minimum atomic E-state index is -0.0908. The van der Waals surface area contributed by atoms with Gasteiger partial charge in [0.2, 0.25) is 5.88 Å². The molecule has 92 valence electrons. The van der Waals surface area contributed by atoms with Gasteiger partial charge < -0.3 is 15.7 Å². The Hall–Kier alpha value is -2.15. The van der Waals surface area contributed by atoms with Gasteiger partial charge in [0.15, 0.2) is 5.84 Å². The Labute approximate surface area is 111 Å². The van der Waals surface area contributed by atoms with Crippen molar-refractivity contribution in [3.05, 3.63) is 46.6 Å². The number of halogens is 1. The number of ether oxygens (including phenoxy) is 1. The Morgan fingerprint density at radius 3 is 2.83 bits per heavy atom. The molecule has 3 N–H and O–H groups in total. The van der Waals surface area contributed by atoms with Gasteiger partial charge in [-0.3, -0.25) is 0 Å². The number of hydrogen-bond acceptors (Lipinski definition) is 5. The molecule has 0 atom stereocenters. The fourth-order valence-electron chi connectivity index (χ4n) is 1.27. The van der Waals surface area contributed by atoms with Crippen LogP contribution in [0.5, 0.6) is 11.6 Å². The van der Waals surface area contributed by atoms with Crippen LogP contribution in [0.2, 0.25) is 0 Å². The van der Waals surface area contributed by atoms with Crippen LogP contribution < -0.4 is 10.5 Å². The lowest BCUT2D eigenvalue weighted by atomic mass is 10.3. The van der Waals surface area contributed by atoms with E-state index in [9.17, 15) is 0 Å². The molecule has 0 aliphatic rings. The molecule has 6 nitrogen and oxygen atoms in total. The molecule has 2 aromatic rings. The first-order valence-corrected chi connectivity index (χ1v) is 5.73. The average Bonchev–Trinajstić information content (AvgIpc) is 2.41. The van der Waals surface area contributed by atoms with Crippen molar-refractivity contribution in [2.45, 2.75) is 0 Å². The normalized spacial score (nSPS) is 11.3. The number of oxime groups is 1. The van der Waals surface area contributed by atoms with Crippen LogP contribution in [-0.2, 0) is 0 Å². The predicted molar refractivity (Wildman–Crippen MR) is 68.8 cm³/mol. The molecule has 1 heterocycles. The maximum atomic E-state index is 8.68. The van der Waals surface area contributed by atoms with Crippen LogP contribution in [0.15, 0.2) is 46.2 Å². The van der Waals surface area contributed by atoms with Crippen LogP contribution >= 0.6 is 15.9 Å². The van der Waals surface area contributed by atoms with Crippen molar-refractivity contribution in [1.82, 2.24) is 10.2 Å². The SMILES string of the molecule is N/C(=N/O)c1ccnnc1Oc1ccccc1Br. The van der Waals surface area contributed by atoms with E-state index in [1.807, 2.05) is 18.2 Å². The van der Waals surface area contributed by atoms with Crippen molar-refractivity contribution in [1.29, 1.82) is 0 Å². The Morgan fingerprint density at radius 1 is 1.33 bits per heavy atom. The number of nitrogens with two attached hydrogens (primary N) is 1. The highest BCUT2D eigenvalue weighted by Gasteiger charge is 2.12.